The first-order valence-corrected chi connectivity index (χ1v) is 6.63. The van der Waals surface area contributed by atoms with Gasteiger partial charge in [0.15, 0.2) is 0 Å². The molecule has 12 heavy (non-hydrogen) atoms. The fourth-order valence-electron chi connectivity index (χ4n) is 0.983. The van der Waals surface area contributed by atoms with E-state index in [1.807, 2.05) is 11.3 Å². The number of halogens is 1. The molecule has 0 aliphatic carbocycles. The molecule has 1 heterocycles. The lowest BCUT2D eigenvalue weighted by Crippen LogP contribution is -2.18. The van der Waals surface area contributed by atoms with Crippen molar-refractivity contribution in [3.63, 3.8) is 0 Å². The summed E-state index contributed by atoms with van der Waals surface area (Å²) in [5.41, 5.74) is 0. The first kappa shape index (κ1) is 10.5. The number of thiophene rings is 1. The summed E-state index contributed by atoms with van der Waals surface area (Å²) >= 11 is 4.26. The predicted molar refractivity (Wildman–Crippen MR) is 64.4 cm³/mol. The molecule has 0 saturated carbocycles. The van der Waals surface area contributed by atoms with Gasteiger partial charge in [-0.3, -0.25) is 0 Å². The summed E-state index contributed by atoms with van der Waals surface area (Å²) < 4.78 is 1.25. The van der Waals surface area contributed by atoms with Crippen molar-refractivity contribution in [3.8, 4) is 0 Å². The maximum Gasteiger partial charge on any atom is 0.00578 e. The lowest BCUT2D eigenvalue weighted by atomic mass is 10.3. The first-order chi connectivity index (χ1) is 5.93. The van der Waals surface area contributed by atoms with E-state index >= 15 is 0 Å². The molecule has 68 valence electrons. The van der Waals surface area contributed by atoms with Crippen LogP contribution < -0.4 is 5.32 Å². The van der Waals surface area contributed by atoms with Crippen molar-refractivity contribution in [2.24, 2.45) is 0 Å². The van der Waals surface area contributed by atoms with Crippen LogP contribution in [0, 0.1) is 0 Å². The Labute approximate surface area is 91.7 Å². The highest BCUT2D eigenvalue weighted by molar-refractivity contribution is 14.1. The van der Waals surface area contributed by atoms with E-state index in [1.165, 1.54) is 22.1 Å². The van der Waals surface area contributed by atoms with E-state index in [9.17, 15) is 0 Å². The average Bonchev–Trinajstić information content (AvgIpc) is 2.57. The molecule has 0 saturated heterocycles. The van der Waals surface area contributed by atoms with Crippen LogP contribution in [0.15, 0.2) is 17.5 Å². The van der Waals surface area contributed by atoms with Crippen molar-refractivity contribution in [2.75, 3.05) is 17.5 Å². The maximum atomic E-state index is 3.43. The number of hydrogen-bond acceptors (Lipinski definition) is 2. The van der Waals surface area contributed by atoms with Crippen molar-refractivity contribution >= 4 is 33.9 Å². The van der Waals surface area contributed by atoms with Gasteiger partial charge in [0.25, 0.3) is 0 Å². The van der Waals surface area contributed by atoms with Crippen LogP contribution in [-0.2, 0) is 6.42 Å². The molecule has 0 aromatic carbocycles. The number of hydrogen-bond donors (Lipinski definition) is 1. The van der Waals surface area contributed by atoms with Gasteiger partial charge in [0.2, 0.25) is 0 Å². The fourth-order valence-corrected chi connectivity index (χ4v) is 2.07. The first-order valence-electron chi connectivity index (χ1n) is 4.22. The topological polar surface area (TPSA) is 12.0 Å². The second-order valence-electron chi connectivity index (χ2n) is 2.62. The molecule has 1 rings (SSSR count). The molecule has 1 nitrogen and oxygen atoms in total. The van der Waals surface area contributed by atoms with Crippen LogP contribution in [0.4, 0.5) is 0 Å². The molecular formula is C9H14INS. The largest absolute Gasteiger partial charge is 0.316 e. The number of nitrogens with one attached hydrogen (secondary N) is 1. The minimum absolute atomic E-state index is 1.12. The van der Waals surface area contributed by atoms with Gasteiger partial charge in [-0.25, -0.2) is 0 Å². The minimum atomic E-state index is 1.12. The van der Waals surface area contributed by atoms with Crippen LogP contribution in [0.1, 0.15) is 11.3 Å². The fraction of sp³-hybridized carbons (Fsp3) is 0.556. The van der Waals surface area contributed by atoms with Gasteiger partial charge in [-0.2, -0.15) is 0 Å². The molecule has 1 aromatic heterocycles. The highest BCUT2D eigenvalue weighted by Crippen LogP contribution is 2.07. The molecule has 3 heteroatoms. The van der Waals surface area contributed by atoms with Gasteiger partial charge in [-0.15, -0.1) is 11.3 Å². The maximum absolute atomic E-state index is 3.43. The Hall–Kier alpha value is 0.390. The minimum Gasteiger partial charge on any atom is -0.316 e. The second-order valence-corrected chi connectivity index (χ2v) is 4.73. The summed E-state index contributed by atoms with van der Waals surface area (Å²) in [6.45, 7) is 2.28. The zero-order valence-corrected chi connectivity index (χ0v) is 10.0. The van der Waals surface area contributed by atoms with Crippen molar-refractivity contribution in [1.82, 2.24) is 5.32 Å². The highest BCUT2D eigenvalue weighted by atomic mass is 127. The quantitative estimate of drug-likeness (QED) is 0.483. The monoisotopic (exact) mass is 295 g/mol. The molecule has 0 aliphatic heterocycles. The summed E-state index contributed by atoms with van der Waals surface area (Å²) in [5.74, 6) is 0. The molecule has 1 aromatic rings. The normalized spacial score (nSPS) is 10.4. The van der Waals surface area contributed by atoms with Crippen LogP contribution >= 0.6 is 33.9 Å². The Kier molecular flexibility index (Phi) is 5.98. The summed E-state index contributed by atoms with van der Waals surface area (Å²) in [6, 6.07) is 4.31. The average molecular weight is 295 g/mol. The van der Waals surface area contributed by atoms with Crippen LogP contribution in [0.3, 0.4) is 0 Å². The van der Waals surface area contributed by atoms with Crippen molar-refractivity contribution in [1.29, 1.82) is 0 Å². The summed E-state index contributed by atoms with van der Waals surface area (Å²) in [7, 11) is 0. The molecule has 0 atom stereocenters. The SMILES string of the molecule is ICCCNCCc1cccs1. The number of rotatable bonds is 6. The van der Waals surface area contributed by atoms with Crippen molar-refractivity contribution in [3.05, 3.63) is 22.4 Å². The molecule has 0 aliphatic rings. The van der Waals surface area contributed by atoms with Crippen LogP contribution in [0.5, 0.6) is 0 Å². The van der Waals surface area contributed by atoms with E-state index in [2.05, 4.69) is 45.4 Å². The van der Waals surface area contributed by atoms with E-state index in [0.717, 1.165) is 13.1 Å². The predicted octanol–water partition coefficient (Wildman–Crippen LogP) is 2.71. The molecule has 0 fully saturated rings. The van der Waals surface area contributed by atoms with Crippen LogP contribution in [0.25, 0.3) is 0 Å². The molecule has 0 bridgehead atoms. The van der Waals surface area contributed by atoms with Gasteiger partial charge < -0.3 is 5.32 Å². The Morgan fingerprint density at radius 3 is 3.00 bits per heavy atom. The Morgan fingerprint density at radius 2 is 2.33 bits per heavy atom. The van der Waals surface area contributed by atoms with Gasteiger partial charge in [-0.1, -0.05) is 28.7 Å². The molecule has 0 spiro atoms. The van der Waals surface area contributed by atoms with Gasteiger partial charge in [0.05, 0.1) is 0 Å². The van der Waals surface area contributed by atoms with E-state index in [0.29, 0.717) is 0 Å². The van der Waals surface area contributed by atoms with E-state index < -0.39 is 0 Å². The highest BCUT2D eigenvalue weighted by Gasteiger charge is 1.92. The van der Waals surface area contributed by atoms with Crippen LogP contribution in [-0.4, -0.2) is 17.5 Å². The smallest absolute Gasteiger partial charge is 0.00578 e. The lowest BCUT2D eigenvalue weighted by molar-refractivity contribution is 0.680. The van der Waals surface area contributed by atoms with Gasteiger partial charge in [0.1, 0.15) is 0 Å². The van der Waals surface area contributed by atoms with Gasteiger partial charge >= 0.3 is 0 Å². The third kappa shape index (κ3) is 4.42. The lowest BCUT2D eigenvalue weighted by Gasteiger charge is -2.00. The van der Waals surface area contributed by atoms with Gasteiger partial charge in [-0.05, 0) is 37.4 Å². The number of alkyl halides is 1. The van der Waals surface area contributed by atoms with Crippen LogP contribution in [0.2, 0.25) is 0 Å². The Balaban J connectivity index is 1.96. The standard InChI is InChI=1S/C9H14INS/c10-5-2-6-11-7-4-9-3-1-8-12-9/h1,3,8,11H,2,4-7H2. The van der Waals surface area contributed by atoms with Crippen molar-refractivity contribution in [2.45, 2.75) is 12.8 Å². The third-order valence-corrected chi connectivity index (χ3v) is 3.31. The zero-order valence-electron chi connectivity index (χ0n) is 7.05. The Bertz CT molecular complexity index is 186. The second kappa shape index (κ2) is 6.86. The van der Waals surface area contributed by atoms with E-state index in [-0.39, 0.29) is 0 Å². The zero-order chi connectivity index (χ0) is 8.65. The Morgan fingerprint density at radius 1 is 1.42 bits per heavy atom. The molecule has 0 radical (unpaired) electrons. The van der Waals surface area contributed by atoms with E-state index in [1.54, 1.807) is 0 Å². The van der Waals surface area contributed by atoms with Crippen molar-refractivity contribution < 1.29 is 0 Å². The molecular weight excluding hydrogens is 281 g/mol. The van der Waals surface area contributed by atoms with Gasteiger partial charge in [0, 0.05) is 9.30 Å². The third-order valence-electron chi connectivity index (χ3n) is 1.62. The molecule has 1 N–H and O–H groups in total. The van der Waals surface area contributed by atoms with E-state index in [4.69, 9.17) is 0 Å². The molecule has 0 unspecified atom stereocenters. The summed E-state index contributed by atoms with van der Waals surface area (Å²) in [5, 5.41) is 5.57. The summed E-state index contributed by atoms with van der Waals surface area (Å²) in [6.07, 6.45) is 2.46. The molecule has 0 amide bonds. The summed E-state index contributed by atoms with van der Waals surface area (Å²) in [4.78, 5) is 1.48.